The molecule has 1 aliphatic rings. The van der Waals surface area contributed by atoms with Crippen LogP contribution in [0.3, 0.4) is 0 Å². The first-order valence-corrected chi connectivity index (χ1v) is 9.48. The first kappa shape index (κ1) is 17.0. The molecule has 0 unspecified atom stereocenters. The molecule has 3 aromatic rings. The van der Waals surface area contributed by atoms with Crippen LogP contribution in [0.4, 0.5) is 0 Å². The molecule has 134 valence electrons. The monoisotopic (exact) mass is 369 g/mol. The molecule has 8 nitrogen and oxygen atoms in total. The van der Waals surface area contributed by atoms with Gasteiger partial charge in [-0.1, -0.05) is 13.0 Å². The number of pyridine rings is 1. The minimum Gasteiger partial charge on any atom is -0.376 e. The van der Waals surface area contributed by atoms with Crippen LogP contribution in [0.5, 0.6) is 0 Å². The van der Waals surface area contributed by atoms with Crippen molar-refractivity contribution >= 4 is 11.8 Å². The van der Waals surface area contributed by atoms with Gasteiger partial charge in [-0.05, 0) is 59.7 Å². The molecule has 3 aromatic heterocycles. The third-order valence-corrected chi connectivity index (χ3v) is 5.00. The number of hydrogen-bond acceptors (Lipinski definition) is 8. The number of aromatic nitrogens is 7. The van der Waals surface area contributed by atoms with Crippen LogP contribution < -0.4 is 0 Å². The van der Waals surface area contributed by atoms with Crippen LogP contribution in [0.15, 0.2) is 40.6 Å². The van der Waals surface area contributed by atoms with Crippen molar-refractivity contribution in [2.75, 3.05) is 6.61 Å². The van der Waals surface area contributed by atoms with Crippen molar-refractivity contribution in [2.24, 2.45) is 0 Å². The van der Waals surface area contributed by atoms with Crippen LogP contribution in [-0.2, 0) is 17.7 Å². The fourth-order valence-corrected chi connectivity index (χ4v) is 3.58. The lowest BCUT2D eigenvalue weighted by molar-refractivity contribution is 0.0912. The van der Waals surface area contributed by atoms with Crippen molar-refractivity contribution in [3.63, 3.8) is 0 Å². The summed E-state index contributed by atoms with van der Waals surface area (Å²) in [6, 6.07) is 7.69. The summed E-state index contributed by atoms with van der Waals surface area (Å²) in [5.41, 5.74) is 1.71. The Hall–Kier alpha value is -2.39. The molecule has 0 amide bonds. The number of nitrogens with zero attached hydrogens (tertiary/aromatic N) is 7. The third kappa shape index (κ3) is 3.88. The molecular weight excluding hydrogens is 350 g/mol. The highest BCUT2D eigenvalue weighted by molar-refractivity contribution is 7.99. The Balaban J connectivity index is 1.59. The lowest BCUT2D eigenvalue weighted by Crippen LogP contribution is -2.16. The van der Waals surface area contributed by atoms with Gasteiger partial charge >= 0.3 is 0 Å². The summed E-state index contributed by atoms with van der Waals surface area (Å²) in [7, 11) is 0. The maximum Gasteiger partial charge on any atom is 0.215 e. The zero-order valence-corrected chi connectivity index (χ0v) is 15.3. The smallest absolute Gasteiger partial charge is 0.215 e. The first-order valence-electron chi connectivity index (χ1n) is 8.67. The fourth-order valence-electron chi connectivity index (χ4n) is 2.77. The molecule has 1 saturated heterocycles. The van der Waals surface area contributed by atoms with Crippen molar-refractivity contribution in [1.82, 2.24) is 35.2 Å². The summed E-state index contributed by atoms with van der Waals surface area (Å²) < 4.78 is 7.47. The Morgan fingerprint density at radius 1 is 1.31 bits per heavy atom. The Morgan fingerprint density at radius 2 is 2.27 bits per heavy atom. The molecule has 0 radical (unpaired) electrons. The normalized spacial score (nSPS) is 16.9. The highest BCUT2D eigenvalue weighted by Gasteiger charge is 2.20. The van der Waals surface area contributed by atoms with Crippen LogP contribution in [-0.4, -0.2) is 47.9 Å². The highest BCUT2D eigenvalue weighted by Crippen LogP contribution is 2.27. The number of aryl methyl sites for hydroxylation is 1. The van der Waals surface area contributed by atoms with Crippen molar-refractivity contribution in [3.8, 4) is 11.5 Å². The molecule has 1 aliphatic heterocycles. The van der Waals surface area contributed by atoms with Gasteiger partial charge in [0.25, 0.3) is 0 Å². The van der Waals surface area contributed by atoms with E-state index in [4.69, 9.17) is 4.74 Å². The van der Waals surface area contributed by atoms with E-state index in [1.54, 1.807) is 10.9 Å². The lowest BCUT2D eigenvalue weighted by atomic mass is 10.2. The summed E-state index contributed by atoms with van der Waals surface area (Å²) in [5.74, 6) is 0.616. The molecule has 0 saturated carbocycles. The largest absolute Gasteiger partial charge is 0.376 e. The molecule has 0 aliphatic carbocycles. The third-order valence-electron chi connectivity index (χ3n) is 4.11. The second-order valence-corrected chi connectivity index (χ2v) is 6.96. The van der Waals surface area contributed by atoms with Gasteiger partial charge in [-0.2, -0.15) is 0 Å². The van der Waals surface area contributed by atoms with Gasteiger partial charge in [0.2, 0.25) is 5.16 Å². The van der Waals surface area contributed by atoms with Crippen LogP contribution in [0.1, 0.15) is 25.5 Å². The fraction of sp³-hybridized carbons (Fsp3) is 0.412. The zero-order chi connectivity index (χ0) is 17.8. The van der Waals surface area contributed by atoms with Crippen LogP contribution in [0.25, 0.3) is 11.5 Å². The molecule has 0 N–H and O–H groups in total. The maximum absolute atomic E-state index is 5.69. The summed E-state index contributed by atoms with van der Waals surface area (Å²) in [4.78, 5) is 13.6. The van der Waals surface area contributed by atoms with Gasteiger partial charge in [0.05, 0.1) is 12.6 Å². The Labute approximate surface area is 155 Å². The van der Waals surface area contributed by atoms with Crippen molar-refractivity contribution in [2.45, 2.75) is 49.0 Å². The molecule has 0 spiro atoms. The van der Waals surface area contributed by atoms with E-state index < -0.39 is 0 Å². The van der Waals surface area contributed by atoms with Crippen molar-refractivity contribution in [1.29, 1.82) is 0 Å². The van der Waals surface area contributed by atoms with E-state index in [9.17, 15) is 0 Å². The van der Waals surface area contributed by atoms with Crippen LogP contribution in [0.2, 0.25) is 0 Å². The summed E-state index contributed by atoms with van der Waals surface area (Å²) in [6.45, 7) is 3.54. The summed E-state index contributed by atoms with van der Waals surface area (Å²) in [6.07, 6.45) is 4.87. The van der Waals surface area contributed by atoms with Gasteiger partial charge in [-0.3, -0.25) is 4.98 Å². The van der Waals surface area contributed by atoms with Gasteiger partial charge in [0.15, 0.2) is 5.82 Å². The molecule has 1 atom stereocenters. The number of ether oxygens (including phenoxy) is 1. The maximum atomic E-state index is 5.69. The van der Waals surface area contributed by atoms with E-state index in [1.807, 2.05) is 24.3 Å². The second kappa shape index (κ2) is 7.88. The summed E-state index contributed by atoms with van der Waals surface area (Å²) >= 11 is 1.44. The van der Waals surface area contributed by atoms with Gasteiger partial charge in [0.1, 0.15) is 10.7 Å². The van der Waals surface area contributed by atoms with E-state index in [2.05, 4.69) is 37.4 Å². The average molecular weight is 369 g/mol. The molecular formula is C17H19N7OS. The van der Waals surface area contributed by atoms with Gasteiger partial charge < -0.3 is 4.74 Å². The van der Waals surface area contributed by atoms with Crippen LogP contribution in [0, 0.1) is 0 Å². The SMILES string of the molecule is CCc1cc(Sc2nnnn2C[C@H]2CCCO2)nc(-c2ccccn2)n1. The molecule has 0 bridgehead atoms. The molecule has 4 rings (SSSR count). The van der Waals surface area contributed by atoms with E-state index in [-0.39, 0.29) is 6.10 Å². The van der Waals surface area contributed by atoms with Crippen molar-refractivity contribution < 1.29 is 4.74 Å². The predicted octanol–water partition coefficient (Wildman–Crippen LogP) is 2.42. The van der Waals surface area contributed by atoms with Gasteiger partial charge in [-0.25, -0.2) is 14.6 Å². The number of hydrogen-bond donors (Lipinski definition) is 0. The van der Waals surface area contributed by atoms with E-state index in [0.717, 1.165) is 42.3 Å². The second-order valence-electron chi connectivity index (χ2n) is 5.97. The van der Waals surface area contributed by atoms with Gasteiger partial charge in [-0.15, -0.1) is 5.10 Å². The molecule has 0 aromatic carbocycles. The summed E-state index contributed by atoms with van der Waals surface area (Å²) in [5, 5.41) is 13.6. The first-order chi connectivity index (χ1) is 12.8. The average Bonchev–Trinajstić information content (AvgIpc) is 3.35. The minimum atomic E-state index is 0.179. The van der Waals surface area contributed by atoms with E-state index >= 15 is 0 Å². The number of rotatable bonds is 6. The predicted molar refractivity (Wildman–Crippen MR) is 95.6 cm³/mol. The Bertz CT molecular complexity index is 865. The Kier molecular flexibility index (Phi) is 5.16. The van der Waals surface area contributed by atoms with Gasteiger partial charge in [0, 0.05) is 18.5 Å². The quantitative estimate of drug-likeness (QED) is 0.612. The number of tetrazole rings is 1. The highest BCUT2D eigenvalue weighted by atomic mass is 32.2. The molecule has 9 heteroatoms. The minimum absolute atomic E-state index is 0.179. The topological polar surface area (TPSA) is 91.5 Å². The Morgan fingerprint density at radius 3 is 3.04 bits per heavy atom. The van der Waals surface area contributed by atoms with Crippen LogP contribution >= 0.6 is 11.8 Å². The molecule has 26 heavy (non-hydrogen) atoms. The molecule has 1 fully saturated rings. The lowest BCUT2D eigenvalue weighted by Gasteiger charge is -2.10. The standard InChI is InChI=1S/C17H19N7OS/c1-2-12-10-15(20-16(19-12)14-7-3-4-8-18-14)26-17-21-22-23-24(17)11-13-6-5-9-25-13/h3-4,7-8,10,13H,2,5-6,9,11H2,1H3/t13-/m1/s1. The van der Waals surface area contributed by atoms with Crippen molar-refractivity contribution in [3.05, 3.63) is 36.2 Å². The van der Waals surface area contributed by atoms with E-state index in [0.29, 0.717) is 17.5 Å². The van der Waals surface area contributed by atoms with E-state index in [1.165, 1.54) is 11.8 Å². The molecule has 4 heterocycles. The zero-order valence-electron chi connectivity index (χ0n) is 14.4.